The van der Waals surface area contributed by atoms with Gasteiger partial charge in [-0.3, -0.25) is 4.79 Å². The van der Waals surface area contributed by atoms with E-state index in [1.165, 1.54) is 12.1 Å². The van der Waals surface area contributed by atoms with Gasteiger partial charge in [-0.2, -0.15) is 18.4 Å². The third-order valence-electron chi connectivity index (χ3n) is 2.49. The van der Waals surface area contributed by atoms with Gasteiger partial charge in [-0.15, -0.1) is 0 Å². The standard InChI is InChI=1S/C13H13F3N2O2S/c1-2-20-12(19)5-8-4-11(21-13(14,15)16)10(7-18)3-9(8)6-17/h3-4H,2,5,7,18H2,1H3. The lowest BCUT2D eigenvalue weighted by molar-refractivity contribution is -0.142. The summed E-state index contributed by atoms with van der Waals surface area (Å²) in [6, 6.07) is 4.31. The minimum Gasteiger partial charge on any atom is -0.466 e. The highest BCUT2D eigenvalue weighted by molar-refractivity contribution is 8.00. The zero-order valence-electron chi connectivity index (χ0n) is 11.2. The summed E-state index contributed by atoms with van der Waals surface area (Å²) in [6.07, 6.45) is -0.257. The Kier molecular flexibility index (Phi) is 6.05. The van der Waals surface area contributed by atoms with Gasteiger partial charge in [0.2, 0.25) is 0 Å². The molecule has 1 rings (SSSR count). The molecule has 0 aromatic heterocycles. The van der Waals surface area contributed by atoms with Crippen molar-refractivity contribution in [3.8, 4) is 6.07 Å². The van der Waals surface area contributed by atoms with E-state index in [1.807, 2.05) is 6.07 Å². The quantitative estimate of drug-likeness (QED) is 0.667. The fourth-order valence-corrected chi connectivity index (χ4v) is 2.39. The molecule has 0 aliphatic carbocycles. The Morgan fingerprint density at radius 2 is 2.10 bits per heavy atom. The number of carbonyl (C=O) groups excluding carboxylic acids is 1. The number of nitrogens with two attached hydrogens (primary N) is 1. The first-order valence-electron chi connectivity index (χ1n) is 5.98. The molecule has 4 nitrogen and oxygen atoms in total. The molecule has 114 valence electrons. The van der Waals surface area contributed by atoms with Crippen LogP contribution in [0.3, 0.4) is 0 Å². The smallest absolute Gasteiger partial charge is 0.446 e. The Balaban J connectivity index is 3.20. The molecule has 0 heterocycles. The van der Waals surface area contributed by atoms with Gasteiger partial charge in [-0.05, 0) is 41.9 Å². The molecule has 0 atom stereocenters. The van der Waals surface area contributed by atoms with E-state index in [2.05, 4.69) is 0 Å². The second-order valence-corrected chi connectivity index (χ2v) is 5.07. The minimum atomic E-state index is -4.47. The molecule has 0 aliphatic heterocycles. The SMILES string of the molecule is CCOC(=O)Cc1cc(SC(F)(F)F)c(CN)cc1C#N. The van der Waals surface area contributed by atoms with Crippen LogP contribution in [0.2, 0.25) is 0 Å². The van der Waals surface area contributed by atoms with Gasteiger partial charge in [0, 0.05) is 11.4 Å². The molecular formula is C13H13F3N2O2S. The molecule has 0 radical (unpaired) electrons. The van der Waals surface area contributed by atoms with Gasteiger partial charge in [0.05, 0.1) is 24.7 Å². The van der Waals surface area contributed by atoms with Crippen molar-refractivity contribution >= 4 is 17.7 Å². The lowest BCUT2D eigenvalue weighted by Crippen LogP contribution is -2.11. The van der Waals surface area contributed by atoms with Crippen LogP contribution in [0.1, 0.15) is 23.6 Å². The monoisotopic (exact) mass is 318 g/mol. The molecule has 8 heteroatoms. The molecule has 0 bridgehead atoms. The van der Waals surface area contributed by atoms with Crippen LogP contribution < -0.4 is 5.73 Å². The summed E-state index contributed by atoms with van der Waals surface area (Å²) < 4.78 is 42.3. The van der Waals surface area contributed by atoms with Crippen molar-refractivity contribution in [2.45, 2.75) is 30.3 Å². The topological polar surface area (TPSA) is 76.1 Å². The van der Waals surface area contributed by atoms with Crippen molar-refractivity contribution in [1.82, 2.24) is 0 Å². The zero-order chi connectivity index (χ0) is 16.0. The summed E-state index contributed by atoms with van der Waals surface area (Å²) in [5.41, 5.74) is 1.46. The summed E-state index contributed by atoms with van der Waals surface area (Å²) >= 11 is -0.316. The normalized spacial score (nSPS) is 11.0. The van der Waals surface area contributed by atoms with Crippen LogP contribution in [0, 0.1) is 11.3 Å². The van der Waals surface area contributed by atoms with E-state index in [0.717, 1.165) is 0 Å². The Morgan fingerprint density at radius 3 is 2.57 bits per heavy atom. The molecule has 0 saturated carbocycles. The Morgan fingerprint density at radius 1 is 1.43 bits per heavy atom. The number of alkyl halides is 3. The van der Waals surface area contributed by atoms with E-state index in [-0.39, 0.29) is 52.9 Å². The molecule has 21 heavy (non-hydrogen) atoms. The number of hydrogen-bond acceptors (Lipinski definition) is 5. The van der Waals surface area contributed by atoms with Crippen LogP contribution in [0.5, 0.6) is 0 Å². The molecule has 2 N–H and O–H groups in total. The maximum atomic E-state index is 12.5. The van der Waals surface area contributed by atoms with Crippen molar-refractivity contribution in [3.05, 3.63) is 28.8 Å². The van der Waals surface area contributed by atoms with E-state index in [1.54, 1.807) is 6.92 Å². The average Bonchev–Trinajstić information content (AvgIpc) is 2.37. The van der Waals surface area contributed by atoms with Crippen LogP contribution >= 0.6 is 11.8 Å². The summed E-state index contributed by atoms with van der Waals surface area (Å²) in [5, 5.41) is 9.03. The number of hydrogen-bond donors (Lipinski definition) is 1. The molecule has 0 aliphatic rings. The van der Waals surface area contributed by atoms with Crippen molar-refractivity contribution < 1.29 is 22.7 Å². The third kappa shape index (κ3) is 5.28. The predicted octanol–water partition coefficient (Wildman–Crippen LogP) is 2.73. The highest BCUT2D eigenvalue weighted by atomic mass is 32.2. The fourth-order valence-electron chi connectivity index (χ4n) is 1.66. The number of thioether (sulfide) groups is 1. The first-order chi connectivity index (χ1) is 9.80. The van der Waals surface area contributed by atoms with Gasteiger partial charge in [-0.1, -0.05) is 0 Å². The van der Waals surface area contributed by atoms with Crippen molar-refractivity contribution in [3.63, 3.8) is 0 Å². The van der Waals surface area contributed by atoms with Crippen molar-refractivity contribution in [2.75, 3.05) is 6.61 Å². The number of halogens is 3. The molecule has 0 spiro atoms. The minimum absolute atomic E-state index is 0.108. The first kappa shape index (κ1) is 17.3. The summed E-state index contributed by atoms with van der Waals surface area (Å²) in [4.78, 5) is 11.3. The average molecular weight is 318 g/mol. The number of nitrogens with zero attached hydrogens (tertiary/aromatic N) is 1. The van der Waals surface area contributed by atoms with E-state index in [0.29, 0.717) is 0 Å². The van der Waals surface area contributed by atoms with Gasteiger partial charge < -0.3 is 10.5 Å². The van der Waals surface area contributed by atoms with E-state index in [4.69, 9.17) is 15.7 Å². The molecule has 1 aromatic carbocycles. The first-order valence-corrected chi connectivity index (χ1v) is 6.79. The number of esters is 1. The summed E-state index contributed by atoms with van der Waals surface area (Å²) in [5.74, 6) is -0.600. The van der Waals surface area contributed by atoms with E-state index < -0.39 is 11.5 Å². The van der Waals surface area contributed by atoms with Crippen LogP contribution in [-0.2, 0) is 22.5 Å². The molecule has 0 unspecified atom stereocenters. The molecule has 0 saturated heterocycles. The third-order valence-corrected chi connectivity index (χ3v) is 3.32. The van der Waals surface area contributed by atoms with Crippen LogP contribution in [0.15, 0.2) is 17.0 Å². The number of benzene rings is 1. The second kappa shape index (κ2) is 7.33. The van der Waals surface area contributed by atoms with Gasteiger partial charge in [0.15, 0.2) is 0 Å². The van der Waals surface area contributed by atoms with Gasteiger partial charge in [-0.25, -0.2) is 0 Å². The lowest BCUT2D eigenvalue weighted by Gasteiger charge is -2.13. The maximum absolute atomic E-state index is 12.5. The predicted molar refractivity (Wildman–Crippen MR) is 71.3 cm³/mol. The van der Waals surface area contributed by atoms with Crippen LogP contribution in [-0.4, -0.2) is 18.1 Å². The van der Waals surface area contributed by atoms with Crippen LogP contribution in [0.4, 0.5) is 13.2 Å². The highest BCUT2D eigenvalue weighted by Crippen LogP contribution is 2.39. The lowest BCUT2D eigenvalue weighted by atomic mass is 10.0. The fraction of sp³-hybridized carbons (Fsp3) is 0.385. The number of rotatable bonds is 5. The van der Waals surface area contributed by atoms with Crippen molar-refractivity contribution in [2.24, 2.45) is 5.73 Å². The summed E-state index contributed by atoms with van der Waals surface area (Å²) in [7, 11) is 0. The van der Waals surface area contributed by atoms with E-state index in [9.17, 15) is 18.0 Å². The van der Waals surface area contributed by atoms with Crippen molar-refractivity contribution in [1.29, 1.82) is 5.26 Å². The molecule has 0 amide bonds. The number of nitriles is 1. The van der Waals surface area contributed by atoms with Gasteiger partial charge in [0.1, 0.15) is 0 Å². The number of carbonyl (C=O) groups is 1. The van der Waals surface area contributed by atoms with Gasteiger partial charge >= 0.3 is 11.5 Å². The Labute approximate surface area is 124 Å². The zero-order valence-corrected chi connectivity index (χ0v) is 12.0. The van der Waals surface area contributed by atoms with Crippen LogP contribution in [0.25, 0.3) is 0 Å². The number of ether oxygens (including phenoxy) is 1. The molecular weight excluding hydrogens is 305 g/mol. The van der Waals surface area contributed by atoms with Gasteiger partial charge in [0.25, 0.3) is 0 Å². The Bertz CT molecular complexity index is 568. The maximum Gasteiger partial charge on any atom is 0.446 e. The molecule has 1 aromatic rings. The summed E-state index contributed by atoms with van der Waals surface area (Å²) in [6.45, 7) is 1.64. The highest BCUT2D eigenvalue weighted by Gasteiger charge is 2.31. The van der Waals surface area contributed by atoms with E-state index >= 15 is 0 Å². The largest absolute Gasteiger partial charge is 0.466 e. The Hall–Kier alpha value is -1.72. The molecule has 0 fully saturated rings. The second-order valence-electron chi connectivity index (χ2n) is 3.96.